The Labute approximate surface area is 411 Å². The van der Waals surface area contributed by atoms with Crippen molar-refractivity contribution in [3.05, 3.63) is 71.8 Å². The van der Waals surface area contributed by atoms with E-state index >= 15 is 0 Å². The first-order valence-corrected chi connectivity index (χ1v) is 26.0. The summed E-state index contributed by atoms with van der Waals surface area (Å²) >= 11 is 0. The van der Waals surface area contributed by atoms with Gasteiger partial charge in [0.15, 0.2) is 11.5 Å². The minimum absolute atomic E-state index is 0.0211. The molecule has 2 aliphatic carbocycles. The molecule has 0 spiro atoms. The van der Waals surface area contributed by atoms with Crippen molar-refractivity contribution in [2.75, 3.05) is 39.8 Å². The number of aliphatic hydroxyl groups excluding tert-OH is 2. The highest BCUT2D eigenvalue weighted by Gasteiger charge is 2.66. The van der Waals surface area contributed by atoms with Crippen molar-refractivity contribution in [2.45, 2.75) is 174 Å². The maximum atomic E-state index is 14.6. The standard InChI is InChI=1S/C55H81N3O11/c1-7-10-11-12-13-14-15-16-17-20-29-56-52(61)67-41-26-28-46-44(35-41)50-42(24-19-22-31-60)40(23-18-21-30-59)34-43-45(57-69-54(4,5)6)36-49(55(68-46,51(43)50)66-32-8-2)58(53(62)63-9-3)37-39-25-27-47-48(33-39)65-38-64-47/h8,25-28,33-35,40,42,49-51,59-60H,2,7,9-24,29-32,36-38H2,1,3-6H3,(H,56,61)/t40-,42+,49-,50+,51+,55+/m0/s1. The van der Waals surface area contributed by atoms with Crippen LogP contribution in [-0.2, 0) is 20.9 Å². The number of amides is 2. The molecule has 0 saturated heterocycles. The minimum Gasteiger partial charge on any atom is -0.459 e. The molecule has 6 rings (SSSR count). The topological polar surface area (TPSA) is 167 Å². The molecule has 14 heteroatoms. The molecular weight excluding hydrogens is 879 g/mol. The smallest absolute Gasteiger partial charge is 0.412 e. The van der Waals surface area contributed by atoms with Gasteiger partial charge in [-0.3, -0.25) is 4.90 Å². The highest BCUT2D eigenvalue weighted by atomic mass is 16.7. The van der Waals surface area contributed by atoms with Crippen LogP contribution >= 0.6 is 0 Å². The molecule has 6 atom stereocenters. The zero-order valence-corrected chi connectivity index (χ0v) is 42.1. The quantitative estimate of drug-likeness (QED) is 0.0422. The Balaban J connectivity index is 1.41. The Kier molecular flexibility index (Phi) is 20.5. The van der Waals surface area contributed by atoms with Crippen molar-refractivity contribution in [1.82, 2.24) is 10.2 Å². The van der Waals surface area contributed by atoms with E-state index in [-0.39, 0.29) is 63.9 Å². The fourth-order valence-electron chi connectivity index (χ4n) is 10.6. The van der Waals surface area contributed by atoms with Crippen molar-refractivity contribution in [1.29, 1.82) is 0 Å². The van der Waals surface area contributed by atoms with Crippen molar-refractivity contribution in [2.24, 2.45) is 22.9 Å². The average molecular weight is 960 g/mol. The van der Waals surface area contributed by atoms with Gasteiger partial charge in [-0.25, -0.2) is 9.59 Å². The summed E-state index contributed by atoms with van der Waals surface area (Å²) < 4.78 is 37.8. The van der Waals surface area contributed by atoms with Crippen LogP contribution in [0.1, 0.15) is 161 Å². The molecule has 1 fully saturated rings. The molecule has 3 N–H and O–H groups in total. The van der Waals surface area contributed by atoms with Gasteiger partial charge in [0, 0.05) is 44.2 Å². The van der Waals surface area contributed by atoms with Gasteiger partial charge in [0.1, 0.15) is 23.1 Å². The fourth-order valence-corrected chi connectivity index (χ4v) is 10.6. The summed E-state index contributed by atoms with van der Waals surface area (Å²) in [5.74, 6) is -0.246. The molecule has 2 aromatic carbocycles. The van der Waals surface area contributed by atoms with E-state index in [0.717, 1.165) is 61.6 Å². The summed E-state index contributed by atoms with van der Waals surface area (Å²) in [7, 11) is 0. The first-order valence-electron chi connectivity index (χ1n) is 26.0. The summed E-state index contributed by atoms with van der Waals surface area (Å²) in [5, 5.41) is 27.9. The number of nitrogens with zero attached hydrogens (tertiary/aromatic N) is 2. The Morgan fingerprint density at radius 1 is 0.884 bits per heavy atom. The first kappa shape index (κ1) is 53.6. The maximum Gasteiger partial charge on any atom is 0.412 e. The molecule has 2 aliphatic heterocycles. The van der Waals surface area contributed by atoms with Crippen molar-refractivity contribution in [3.63, 3.8) is 0 Å². The predicted molar refractivity (Wildman–Crippen MR) is 267 cm³/mol. The van der Waals surface area contributed by atoms with Gasteiger partial charge < -0.3 is 48.8 Å². The van der Waals surface area contributed by atoms with E-state index in [1.54, 1.807) is 24.0 Å². The molecular formula is C55H81N3O11. The largest absolute Gasteiger partial charge is 0.459 e. The van der Waals surface area contributed by atoms with Crippen LogP contribution in [-0.4, -0.2) is 90.2 Å². The summed E-state index contributed by atoms with van der Waals surface area (Å²) in [6, 6.07) is 10.3. The molecule has 1 saturated carbocycles. The van der Waals surface area contributed by atoms with Gasteiger partial charge in [-0.05, 0) is 113 Å². The summed E-state index contributed by atoms with van der Waals surface area (Å²) in [6.07, 6.45) is 19.6. The molecule has 14 nitrogen and oxygen atoms in total. The van der Waals surface area contributed by atoms with Crippen LogP contribution in [0.5, 0.6) is 23.0 Å². The van der Waals surface area contributed by atoms with Crippen molar-refractivity contribution in [3.8, 4) is 23.0 Å². The van der Waals surface area contributed by atoms with Crippen LogP contribution in [0.3, 0.4) is 0 Å². The first-order chi connectivity index (χ1) is 33.5. The zero-order valence-electron chi connectivity index (χ0n) is 42.1. The molecule has 382 valence electrons. The molecule has 2 aromatic rings. The van der Waals surface area contributed by atoms with E-state index in [9.17, 15) is 19.8 Å². The van der Waals surface area contributed by atoms with Crippen molar-refractivity contribution >= 4 is 17.9 Å². The second-order valence-electron chi connectivity index (χ2n) is 20.0. The SMILES string of the molecule is C=CCO[C@@]12Oc3ccc(OC(=O)NCCCCCCCCCCCC)cc3[C@H]3[C@H](CCCCO)[C@@H](CCCCO)C=C(C(=NOC(C)(C)C)C[C@@H]1N(Cc1ccc4c(c1)OCO4)C(=O)OCC)[C@H]32. The average Bonchev–Trinajstić information content (AvgIpc) is 3.80. The van der Waals surface area contributed by atoms with Gasteiger partial charge in [-0.1, -0.05) is 101 Å². The third-order valence-electron chi connectivity index (χ3n) is 13.8. The van der Waals surface area contributed by atoms with Gasteiger partial charge in [-0.2, -0.15) is 0 Å². The number of unbranched alkanes of at least 4 members (excludes halogenated alkanes) is 11. The van der Waals surface area contributed by atoms with Gasteiger partial charge in [0.05, 0.1) is 24.8 Å². The number of hydrogen-bond donors (Lipinski definition) is 3. The van der Waals surface area contributed by atoms with Crippen LogP contribution in [0.4, 0.5) is 9.59 Å². The van der Waals surface area contributed by atoms with Gasteiger partial charge >= 0.3 is 12.2 Å². The third-order valence-corrected chi connectivity index (χ3v) is 13.8. The van der Waals surface area contributed by atoms with E-state index in [2.05, 4.69) is 24.9 Å². The van der Waals surface area contributed by atoms with Crippen LogP contribution in [0.25, 0.3) is 0 Å². The van der Waals surface area contributed by atoms with Crippen LogP contribution in [0.15, 0.2) is 65.9 Å². The highest BCUT2D eigenvalue weighted by molar-refractivity contribution is 6.03. The van der Waals surface area contributed by atoms with E-state index in [0.29, 0.717) is 48.1 Å². The van der Waals surface area contributed by atoms with Crippen molar-refractivity contribution < 1.29 is 53.1 Å². The molecule has 0 bridgehead atoms. The number of nitrogens with one attached hydrogen (secondary N) is 1. The van der Waals surface area contributed by atoms with Crippen LogP contribution in [0, 0.1) is 17.8 Å². The summed E-state index contributed by atoms with van der Waals surface area (Å²) in [5.41, 5.74) is 2.55. The number of rotatable bonds is 28. The lowest BCUT2D eigenvalue weighted by molar-refractivity contribution is -0.256. The Morgan fingerprint density at radius 2 is 1.58 bits per heavy atom. The minimum atomic E-state index is -1.51. The Morgan fingerprint density at radius 3 is 2.28 bits per heavy atom. The molecule has 4 aliphatic rings. The Hall–Kier alpha value is -4.79. The van der Waals surface area contributed by atoms with E-state index in [1.165, 1.54) is 44.9 Å². The van der Waals surface area contributed by atoms with Crippen LogP contribution < -0.4 is 24.3 Å². The van der Waals surface area contributed by atoms with Gasteiger partial charge in [0.25, 0.3) is 0 Å². The molecule has 2 heterocycles. The molecule has 69 heavy (non-hydrogen) atoms. The third kappa shape index (κ3) is 14.2. The number of fused-ring (bicyclic) bond motifs is 3. The van der Waals surface area contributed by atoms with Crippen LogP contribution in [0.2, 0.25) is 0 Å². The molecule has 0 unspecified atom stereocenters. The lowest BCUT2D eigenvalue weighted by Gasteiger charge is -2.60. The lowest BCUT2D eigenvalue weighted by atomic mass is 9.55. The number of hydrogen-bond acceptors (Lipinski definition) is 12. The zero-order chi connectivity index (χ0) is 49.2. The Bertz CT molecular complexity index is 2030. The van der Waals surface area contributed by atoms with E-state index in [1.807, 2.05) is 51.1 Å². The number of allylic oxidation sites excluding steroid dienone is 1. The predicted octanol–water partition coefficient (Wildman–Crippen LogP) is 11.5. The lowest BCUT2D eigenvalue weighted by Crippen LogP contribution is -2.70. The number of aliphatic hydroxyl groups is 2. The highest BCUT2D eigenvalue weighted by Crippen LogP contribution is 2.62. The van der Waals surface area contributed by atoms with Gasteiger partial charge in [-0.15, -0.1) is 6.58 Å². The van der Waals surface area contributed by atoms with Gasteiger partial charge in [0.2, 0.25) is 12.6 Å². The van der Waals surface area contributed by atoms with E-state index in [4.69, 9.17) is 38.4 Å². The number of benzene rings is 2. The normalized spacial score (nSPS) is 22.7. The monoisotopic (exact) mass is 960 g/mol. The number of carbonyl (C=O) groups excluding carboxylic acids is 2. The number of ether oxygens (including phenoxy) is 6. The second kappa shape index (κ2) is 26.4. The number of oxime groups is 1. The maximum absolute atomic E-state index is 14.6. The number of carbonyl (C=O) groups is 2. The molecule has 2 amide bonds. The summed E-state index contributed by atoms with van der Waals surface area (Å²) in [4.78, 5) is 35.9. The second-order valence-corrected chi connectivity index (χ2v) is 20.0. The molecule has 0 radical (unpaired) electrons. The fraction of sp³-hybridized carbons (Fsp3) is 0.655. The molecule has 0 aromatic heterocycles. The summed E-state index contributed by atoms with van der Waals surface area (Å²) in [6.45, 7) is 15.0. The van der Waals surface area contributed by atoms with E-state index < -0.39 is 35.5 Å².